The quantitative estimate of drug-likeness (QED) is 0.215. The molecule has 2 aromatic rings. The minimum Gasteiger partial charge on any atom is -0.349 e. The van der Waals surface area contributed by atoms with Crippen molar-refractivity contribution in [3.8, 4) is 0 Å². The maximum absolute atomic E-state index is 15.1. The van der Waals surface area contributed by atoms with Gasteiger partial charge in [-0.05, 0) is 58.8 Å². The van der Waals surface area contributed by atoms with Gasteiger partial charge in [-0.15, -0.1) is 0 Å². The molecule has 0 bridgehead atoms. The molecule has 0 aliphatic carbocycles. The van der Waals surface area contributed by atoms with Crippen molar-refractivity contribution in [1.82, 2.24) is 5.32 Å². The van der Waals surface area contributed by atoms with E-state index in [0.717, 1.165) is 6.08 Å². The van der Waals surface area contributed by atoms with Crippen molar-refractivity contribution in [2.24, 2.45) is 0 Å². The Bertz CT molecular complexity index is 1120. The van der Waals surface area contributed by atoms with Crippen LogP contribution in [0.2, 0.25) is 15.1 Å². The number of carbonyl (C=O) groups excluding carboxylic acids is 1. The highest BCUT2D eigenvalue weighted by Gasteiger charge is 2.35. The van der Waals surface area contributed by atoms with Crippen LogP contribution in [0.25, 0.3) is 5.83 Å². The van der Waals surface area contributed by atoms with Crippen LogP contribution < -0.4 is 5.32 Å². The van der Waals surface area contributed by atoms with Gasteiger partial charge in [0.1, 0.15) is 5.83 Å². The Labute approximate surface area is 231 Å². The molecule has 0 radical (unpaired) electrons. The first-order chi connectivity index (χ1) is 16.5. The summed E-state index contributed by atoms with van der Waals surface area (Å²) in [6.07, 6.45) is -3.59. The van der Waals surface area contributed by atoms with E-state index in [1.165, 1.54) is 30.3 Å². The number of halogens is 10. The lowest BCUT2D eigenvalue weighted by Gasteiger charge is -2.22. The lowest BCUT2D eigenvalue weighted by atomic mass is 9.92. The number of allylic oxidation sites excluding steroid dienone is 1. The lowest BCUT2D eigenvalue weighted by molar-refractivity contribution is -0.105. The minimum atomic E-state index is -4.31. The van der Waals surface area contributed by atoms with Gasteiger partial charge in [0.05, 0.1) is 32.3 Å². The Morgan fingerprint density at radius 1 is 1.11 bits per heavy atom. The van der Waals surface area contributed by atoms with Gasteiger partial charge in [0.15, 0.2) is 0 Å². The molecule has 0 fully saturated rings. The number of hydrogen-bond acceptors (Lipinski definition) is 2. The first-order valence-corrected chi connectivity index (χ1v) is 13.2. The van der Waals surface area contributed by atoms with Crippen LogP contribution in [0.4, 0.5) is 26.3 Å². The first-order valence-electron chi connectivity index (χ1n) is 10.1. The second-order valence-corrected chi connectivity index (χ2v) is 11.0. The van der Waals surface area contributed by atoms with Crippen LogP contribution >= 0.6 is 62.5 Å². The van der Waals surface area contributed by atoms with Gasteiger partial charge in [-0.25, -0.2) is 13.2 Å². The highest BCUT2D eigenvalue weighted by Crippen LogP contribution is 2.41. The zero-order valence-corrected chi connectivity index (χ0v) is 23.3. The molecule has 0 spiro atoms. The Balaban J connectivity index is 2.24. The van der Waals surface area contributed by atoms with Crippen molar-refractivity contribution in [2.45, 2.75) is 37.9 Å². The van der Waals surface area contributed by atoms with Gasteiger partial charge in [0.25, 0.3) is 11.8 Å². The maximum atomic E-state index is 15.1. The summed E-state index contributed by atoms with van der Waals surface area (Å²) >= 11 is 21.6. The van der Waals surface area contributed by atoms with Gasteiger partial charge >= 0.3 is 6.18 Å². The van der Waals surface area contributed by atoms with Gasteiger partial charge in [0.2, 0.25) is 0 Å². The molecular formula is C23H19BrCl3F6NOS. The van der Waals surface area contributed by atoms with Crippen LogP contribution in [0.5, 0.6) is 0 Å². The molecule has 0 aliphatic heterocycles. The fourth-order valence-corrected chi connectivity index (χ4v) is 5.03. The van der Waals surface area contributed by atoms with E-state index < -0.39 is 41.5 Å². The summed E-state index contributed by atoms with van der Waals surface area (Å²) in [4.78, 5) is 12.5. The summed E-state index contributed by atoms with van der Waals surface area (Å²) in [6, 6.07) is 5.52. The van der Waals surface area contributed by atoms with Crippen molar-refractivity contribution in [1.29, 1.82) is 0 Å². The van der Waals surface area contributed by atoms with Crippen LogP contribution in [0, 0.1) is 0 Å². The third kappa shape index (κ3) is 9.04. The van der Waals surface area contributed by atoms with E-state index in [1.54, 1.807) is 6.92 Å². The highest BCUT2D eigenvalue weighted by atomic mass is 79.9. The number of rotatable bonds is 9. The molecule has 2 rings (SSSR count). The second-order valence-electron chi connectivity index (χ2n) is 7.95. The van der Waals surface area contributed by atoms with Crippen LogP contribution in [0.1, 0.15) is 41.3 Å². The van der Waals surface area contributed by atoms with Crippen molar-refractivity contribution >= 4 is 74.2 Å². The predicted molar refractivity (Wildman–Crippen MR) is 138 cm³/mol. The molecule has 1 N–H and O–H groups in total. The molecule has 1 unspecified atom stereocenters. The average Bonchev–Trinajstić information content (AvgIpc) is 2.73. The number of carbonyl (C=O) groups is 1. The summed E-state index contributed by atoms with van der Waals surface area (Å²) < 4.78 is 80.8. The molecule has 0 saturated carbocycles. The Morgan fingerprint density at radius 3 is 2.19 bits per heavy atom. The topological polar surface area (TPSA) is 29.1 Å². The summed E-state index contributed by atoms with van der Waals surface area (Å²) in [6.45, 7) is 2.17. The summed E-state index contributed by atoms with van der Waals surface area (Å²) in [7, 11) is 0. The molecule has 2 atom stereocenters. The maximum Gasteiger partial charge on any atom is 0.397 e. The number of alkyl halides is 5. The Hall–Kier alpha value is -1.07. The van der Waals surface area contributed by atoms with E-state index in [2.05, 4.69) is 21.2 Å². The van der Waals surface area contributed by atoms with E-state index in [1.807, 2.05) is 0 Å². The SMILES string of the molecule is C[C@H](CSCC(F)(F)F)NC(=O)c1ccc(/C(F)=C/C(c2cc(Cl)c(Cl)c(Cl)c2)C(C)(F)F)cc1Br. The molecule has 2 aromatic carbocycles. The molecule has 0 aromatic heterocycles. The average molecular weight is 658 g/mol. The van der Waals surface area contributed by atoms with Gasteiger partial charge in [-0.1, -0.05) is 40.9 Å². The minimum absolute atomic E-state index is 0.0178. The van der Waals surface area contributed by atoms with Crippen molar-refractivity contribution in [2.75, 3.05) is 11.5 Å². The third-order valence-electron chi connectivity index (χ3n) is 4.72. The summed E-state index contributed by atoms with van der Waals surface area (Å²) in [5, 5.41) is 2.42. The number of amides is 1. The zero-order chi connectivity index (χ0) is 27.4. The van der Waals surface area contributed by atoms with Crippen molar-refractivity contribution < 1.29 is 31.1 Å². The van der Waals surface area contributed by atoms with Gasteiger partial charge < -0.3 is 5.32 Å². The molecule has 1 amide bonds. The molecular weight excluding hydrogens is 639 g/mol. The van der Waals surface area contributed by atoms with Gasteiger partial charge in [-0.2, -0.15) is 24.9 Å². The number of hydrogen-bond donors (Lipinski definition) is 1. The number of benzene rings is 2. The first kappa shape index (κ1) is 31.1. The summed E-state index contributed by atoms with van der Waals surface area (Å²) in [5.74, 6) is -7.72. The van der Waals surface area contributed by atoms with Crippen molar-refractivity contribution in [3.05, 3.63) is 72.6 Å². The van der Waals surface area contributed by atoms with Crippen LogP contribution in [0.3, 0.4) is 0 Å². The zero-order valence-electron chi connectivity index (χ0n) is 18.6. The Kier molecular flexibility index (Phi) is 10.9. The van der Waals surface area contributed by atoms with Gasteiger partial charge in [0, 0.05) is 28.8 Å². The third-order valence-corrected chi connectivity index (χ3v) is 7.85. The second kappa shape index (κ2) is 12.7. The molecule has 0 saturated heterocycles. The fourth-order valence-electron chi connectivity index (χ4n) is 3.07. The molecule has 36 heavy (non-hydrogen) atoms. The van der Waals surface area contributed by atoms with Crippen LogP contribution in [-0.2, 0) is 0 Å². The molecule has 198 valence electrons. The smallest absolute Gasteiger partial charge is 0.349 e. The largest absolute Gasteiger partial charge is 0.397 e. The predicted octanol–water partition coefficient (Wildman–Crippen LogP) is 9.57. The van der Waals surface area contributed by atoms with E-state index in [-0.39, 0.29) is 42.0 Å². The molecule has 2 nitrogen and oxygen atoms in total. The molecule has 13 heteroatoms. The van der Waals surface area contributed by atoms with Crippen LogP contribution in [-0.4, -0.2) is 35.6 Å². The van der Waals surface area contributed by atoms with Gasteiger partial charge in [-0.3, -0.25) is 4.79 Å². The normalized spacial score (nSPS) is 14.5. The van der Waals surface area contributed by atoms with E-state index in [0.29, 0.717) is 18.7 Å². The Morgan fingerprint density at radius 2 is 1.69 bits per heavy atom. The molecule has 0 aliphatic rings. The molecule has 0 heterocycles. The fraction of sp³-hybridized carbons (Fsp3) is 0.348. The monoisotopic (exact) mass is 655 g/mol. The van der Waals surface area contributed by atoms with Crippen LogP contribution in [0.15, 0.2) is 40.9 Å². The summed E-state index contributed by atoms with van der Waals surface area (Å²) in [5.41, 5.74) is -0.0510. The van der Waals surface area contributed by atoms with Crippen molar-refractivity contribution in [3.63, 3.8) is 0 Å². The van der Waals surface area contributed by atoms with E-state index in [4.69, 9.17) is 34.8 Å². The standard InChI is InChI=1S/C23H19BrCl3F6NOS/c1-11(9-36-10-23(31,32)33)34-21(35)14-4-3-12(5-16(14)24)19(28)8-15(22(2,29)30)13-6-17(25)20(27)18(26)7-13/h3-8,11,15H,9-10H2,1-2H3,(H,34,35)/b19-8-/t11-,15?/m1/s1. The number of thioether (sulfide) groups is 1. The lowest BCUT2D eigenvalue weighted by Crippen LogP contribution is -2.34. The van der Waals surface area contributed by atoms with E-state index >= 15 is 4.39 Å². The van der Waals surface area contributed by atoms with E-state index in [9.17, 15) is 26.7 Å². The number of nitrogens with one attached hydrogen (secondary N) is 1. The highest BCUT2D eigenvalue weighted by molar-refractivity contribution is 9.10.